The molecule has 270 valence electrons. The summed E-state index contributed by atoms with van der Waals surface area (Å²) in [5.74, 6) is 0.463. The Bertz CT molecular complexity index is 2340. The van der Waals surface area contributed by atoms with E-state index >= 15 is 0 Å². The van der Waals surface area contributed by atoms with Gasteiger partial charge in [-0.3, -0.25) is 18.7 Å². The van der Waals surface area contributed by atoms with Crippen LogP contribution in [0.3, 0.4) is 0 Å². The van der Waals surface area contributed by atoms with Crippen molar-refractivity contribution in [2.24, 2.45) is 14.1 Å². The molecule has 0 amide bonds. The van der Waals surface area contributed by atoms with Gasteiger partial charge >= 0.3 is 0 Å². The monoisotopic (exact) mass is 721 g/mol. The molecule has 4 heterocycles. The summed E-state index contributed by atoms with van der Waals surface area (Å²) in [5, 5.41) is 15.2. The molecule has 6 aromatic rings. The predicted molar refractivity (Wildman–Crippen MR) is 203 cm³/mol. The van der Waals surface area contributed by atoms with Crippen molar-refractivity contribution >= 4 is 40.1 Å². The van der Waals surface area contributed by atoms with Crippen LogP contribution < -0.4 is 16.4 Å². The average molecular weight is 722 g/mol. The third-order valence-corrected chi connectivity index (χ3v) is 10.3. The van der Waals surface area contributed by atoms with Gasteiger partial charge in [0.15, 0.2) is 0 Å². The fourth-order valence-corrected chi connectivity index (χ4v) is 7.02. The van der Waals surface area contributed by atoms with Crippen molar-refractivity contribution in [1.82, 2.24) is 29.1 Å². The quantitative estimate of drug-likeness (QED) is 0.0771. The molecular weight excluding hydrogens is 679 g/mol. The van der Waals surface area contributed by atoms with Gasteiger partial charge in [0, 0.05) is 61.2 Å². The Morgan fingerprint density at radius 3 is 1.83 bits per heavy atom. The van der Waals surface area contributed by atoms with Crippen molar-refractivity contribution in [2.75, 3.05) is 19.0 Å². The van der Waals surface area contributed by atoms with Crippen LogP contribution in [0.25, 0.3) is 22.1 Å². The summed E-state index contributed by atoms with van der Waals surface area (Å²) in [6, 6.07) is 19.9. The highest BCUT2D eigenvalue weighted by Gasteiger charge is 2.33. The molecule has 13 heteroatoms. The normalized spacial score (nSPS) is 13.7. The van der Waals surface area contributed by atoms with Crippen LogP contribution in [0.15, 0.2) is 87.8 Å². The second-order valence-corrected chi connectivity index (χ2v) is 13.9. The van der Waals surface area contributed by atoms with Crippen LogP contribution in [0.5, 0.6) is 0 Å². The van der Waals surface area contributed by atoms with E-state index in [1.807, 2.05) is 55.5 Å². The number of rotatable bonds is 10. The summed E-state index contributed by atoms with van der Waals surface area (Å²) in [4.78, 5) is 47.7. The molecule has 0 radical (unpaired) electrons. The zero-order valence-electron chi connectivity index (χ0n) is 30.0. The van der Waals surface area contributed by atoms with E-state index in [2.05, 4.69) is 49.2 Å². The van der Waals surface area contributed by atoms with Gasteiger partial charge in [0.05, 0.1) is 19.3 Å². The third-order valence-electron chi connectivity index (χ3n) is 9.72. The van der Waals surface area contributed by atoms with Crippen LogP contribution in [0.2, 0.25) is 0 Å². The number of hydrogen-bond donors (Lipinski definition) is 2. The van der Waals surface area contributed by atoms with E-state index in [1.54, 1.807) is 35.6 Å². The summed E-state index contributed by atoms with van der Waals surface area (Å²) in [5.41, 5.74) is 6.77. The number of aliphatic hydroxyl groups excluding tert-OH is 1. The van der Waals surface area contributed by atoms with Crippen LogP contribution in [-0.2, 0) is 36.2 Å². The number of fused-ring (bicyclic) bond motifs is 2. The first-order chi connectivity index (χ1) is 25.1. The molecule has 0 unspecified atom stereocenters. The molecule has 0 saturated heterocycles. The number of nitrogens with one attached hydrogen (secondary N) is 1. The second kappa shape index (κ2) is 16.2. The number of pyridine rings is 2. The van der Waals surface area contributed by atoms with Crippen molar-refractivity contribution in [3.05, 3.63) is 127 Å². The highest BCUT2D eigenvalue weighted by atomic mass is 32.2. The van der Waals surface area contributed by atoms with E-state index in [4.69, 9.17) is 4.33 Å². The smallest absolute Gasteiger partial charge is 0.255 e. The molecule has 4 aromatic heterocycles. The number of benzene rings is 2. The van der Waals surface area contributed by atoms with Gasteiger partial charge in [0.2, 0.25) is 11.1 Å². The molecule has 52 heavy (non-hydrogen) atoms. The molecule has 0 aliphatic heterocycles. The van der Waals surface area contributed by atoms with Gasteiger partial charge in [-0.15, -0.1) is 0 Å². The number of anilines is 1. The first-order valence-electron chi connectivity index (χ1n) is 17.2. The first-order valence-corrected chi connectivity index (χ1v) is 17.9. The summed E-state index contributed by atoms with van der Waals surface area (Å²) in [6.45, 7) is 4.16. The Hall–Kier alpha value is -4.95. The molecule has 2 N–H and O–H groups in total. The van der Waals surface area contributed by atoms with Gasteiger partial charge < -0.3 is 10.4 Å². The highest BCUT2D eigenvalue weighted by molar-refractivity contribution is 7.94. The molecule has 12 nitrogen and oxygen atoms in total. The molecule has 2 aromatic carbocycles. The van der Waals surface area contributed by atoms with Crippen molar-refractivity contribution in [3.8, 4) is 0 Å². The molecule has 1 fully saturated rings. The molecular formula is C39H43N7O5S. The molecule has 1 aliphatic carbocycles. The van der Waals surface area contributed by atoms with Crippen molar-refractivity contribution in [1.29, 1.82) is 0 Å². The number of aromatic nitrogens is 6. The zero-order valence-corrected chi connectivity index (χ0v) is 30.9. The van der Waals surface area contributed by atoms with E-state index in [0.717, 1.165) is 70.8 Å². The summed E-state index contributed by atoms with van der Waals surface area (Å²) in [6.07, 6.45) is 8.58. The number of aryl methyl sites for hydroxylation is 4. The average Bonchev–Trinajstić information content (AvgIpc) is 3.63. The zero-order chi connectivity index (χ0) is 36.8. The molecule has 0 bridgehead atoms. The molecule has 7 rings (SSSR count). The Morgan fingerprint density at radius 1 is 0.788 bits per heavy atom. The van der Waals surface area contributed by atoms with Gasteiger partial charge in [-0.1, -0.05) is 61.4 Å². The second-order valence-electron chi connectivity index (χ2n) is 13.3. The minimum absolute atomic E-state index is 0.0434. The lowest BCUT2D eigenvalue weighted by Crippen LogP contribution is -2.39. The van der Waals surface area contributed by atoms with Crippen LogP contribution in [-0.4, -0.2) is 53.4 Å². The Labute approximate surface area is 306 Å². The number of nitrogens with zero attached hydrogens (tertiary/aromatic N) is 6. The lowest BCUT2D eigenvalue weighted by molar-refractivity contribution is -0.160. The van der Waals surface area contributed by atoms with E-state index in [9.17, 15) is 14.7 Å². The maximum Gasteiger partial charge on any atom is 0.255 e. The van der Waals surface area contributed by atoms with Crippen LogP contribution in [0.1, 0.15) is 59.1 Å². The molecule has 1 saturated carbocycles. The fourth-order valence-electron chi connectivity index (χ4n) is 6.67. The van der Waals surface area contributed by atoms with Gasteiger partial charge in [-0.05, 0) is 61.1 Å². The maximum absolute atomic E-state index is 12.9. The van der Waals surface area contributed by atoms with E-state index < -0.39 is 0 Å². The van der Waals surface area contributed by atoms with Crippen LogP contribution in [0.4, 0.5) is 5.95 Å². The van der Waals surface area contributed by atoms with Crippen molar-refractivity contribution in [3.63, 3.8) is 0 Å². The number of hydrogen-bond acceptors (Lipinski definition) is 11. The predicted octanol–water partition coefficient (Wildman–Crippen LogP) is 5.76. The topological polar surface area (TPSA) is 146 Å². The van der Waals surface area contributed by atoms with Gasteiger partial charge in [-0.25, -0.2) is 19.8 Å². The summed E-state index contributed by atoms with van der Waals surface area (Å²) < 4.78 is 7.90. The fraction of sp³-hybridized carbons (Fsp3) is 0.333. The Kier molecular flexibility index (Phi) is 11.4. The minimum Gasteiger partial charge on any atom is -0.394 e. The van der Waals surface area contributed by atoms with Gasteiger partial charge in [0.1, 0.15) is 23.3 Å². The van der Waals surface area contributed by atoms with Crippen LogP contribution in [0, 0.1) is 13.8 Å². The van der Waals surface area contributed by atoms with Gasteiger partial charge in [0.25, 0.3) is 11.1 Å². The van der Waals surface area contributed by atoms with E-state index in [1.165, 1.54) is 18.2 Å². The highest BCUT2D eigenvalue weighted by Crippen LogP contribution is 2.32. The summed E-state index contributed by atoms with van der Waals surface area (Å²) >= 11 is 0.899. The molecule has 0 atom stereocenters. The summed E-state index contributed by atoms with van der Waals surface area (Å²) in [7, 11) is 4.87. The standard InChI is InChI=1S/C22H26N4O2.C17H17N3O3S/c1-15-7-3-4-8-16(15)11-17-12-18-13-23-21(24-19(18)26(2)20(17)28)25-22(14-27)9-5-6-10-22;1-11-6-4-5-7-12(11)8-13-9-14-10-18-17(24-23-22-3)19-15(14)20(2)16(13)21/h3-4,7-8,12-13,27H,5-6,9-11,14H2,1-2H3,(H,23,24,25);4-7,9-10H,8H2,1-3H3. The molecule has 1 aliphatic rings. The largest absolute Gasteiger partial charge is 0.394 e. The Balaban J connectivity index is 0.000000181. The lowest BCUT2D eigenvalue weighted by atomic mass is 9.99. The SMILES string of the molecule is COOSc1ncc2cc(Cc3ccccc3C)c(=O)n(C)c2n1.Cc1ccccc1Cc1cc2cnc(NC3(CO)CCCC3)nc2n(C)c1=O. The van der Waals surface area contributed by atoms with Crippen LogP contribution >= 0.6 is 12.0 Å². The van der Waals surface area contributed by atoms with Crippen molar-refractivity contribution in [2.45, 2.75) is 63.1 Å². The maximum atomic E-state index is 12.9. The third kappa shape index (κ3) is 8.07. The van der Waals surface area contributed by atoms with E-state index in [0.29, 0.717) is 35.2 Å². The Morgan fingerprint density at radius 2 is 1.31 bits per heavy atom. The first kappa shape index (κ1) is 36.8. The van der Waals surface area contributed by atoms with E-state index in [-0.39, 0.29) is 23.3 Å². The van der Waals surface area contributed by atoms with Crippen molar-refractivity contribution < 1.29 is 14.3 Å². The molecule has 0 spiro atoms. The lowest BCUT2D eigenvalue weighted by Gasteiger charge is -2.28. The minimum atomic E-state index is -0.350. The number of aliphatic hydroxyl groups is 1. The van der Waals surface area contributed by atoms with Gasteiger partial charge in [-0.2, -0.15) is 9.32 Å².